The molecule has 3 N–H and O–H groups in total. The van der Waals surface area contributed by atoms with Gasteiger partial charge in [0.1, 0.15) is 0 Å². The maximum atomic E-state index is 11.8. The average Bonchev–Trinajstić information content (AvgIpc) is 2.43. The summed E-state index contributed by atoms with van der Waals surface area (Å²) in [5, 5.41) is 2.80. The Morgan fingerprint density at radius 2 is 2.00 bits per heavy atom. The molecule has 0 spiro atoms. The van der Waals surface area contributed by atoms with Crippen LogP contribution in [0.3, 0.4) is 0 Å². The molecule has 2 amide bonds. The zero-order chi connectivity index (χ0) is 14.4. The second-order valence-electron chi connectivity index (χ2n) is 4.75. The van der Waals surface area contributed by atoms with Crippen LogP contribution in [0.2, 0.25) is 0 Å². The largest absolute Gasteiger partial charge is 0.352 e. The molecule has 5 nitrogen and oxygen atoms in total. The van der Waals surface area contributed by atoms with Gasteiger partial charge in [-0.2, -0.15) is 0 Å². The minimum Gasteiger partial charge on any atom is -0.352 e. The summed E-state index contributed by atoms with van der Waals surface area (Å²) < 4.78 is 0. The first-order valence-electron chi connectivity index (χ1n) is 6.24. The van der Waals surface area contributed by atoms with Crippen LogP contribution >= 0.6 is 12.4 Å². The molecule has 0 aliphatic heterocycles. The molecular weight excluding hydrogens is 278 g/mol. The minimum absolute atomic E-state index is 0. The van der Waals surface area contributed by atoms with Gasteiger partial charge >= 0.3 is 0 Å². The molecule has 1 aromatic rings. The fraction of sp³-hybridized carbons (Fsp3) is 0.429. The van der Waals surface area contributed by atoms with Crippen LogP contribution in [-0.4, -0.2) is 37.4 Å². The highest BCUT2D eigenvalue weighted by atomic mass is 35.5. The zero-order valence-electron chi connectivity index (χ0n) is 12.1. The number of benzene rings is 1. The van der Waals surface area contributed by atoms with Gasteiger partial charge in [0.2, 0.25) is 5.91 Å². The molecule has 1 aromatic carbocycles. The van der Waals surface area contributed by atoms with Crippen LogP contribution < -0.4 is 11.1 Å². The molecule has 0 radical (unpaired) electrons. The van der Waals surface area contributed by atoms with E-state index in [4.69, 9.17) is 5.73 Å². The molecule has 0 aliphatic rings. The maximum absolute atomic E-state index is 11.8. The summed E-state index contributed by atoms with van der Waals surface area (Å²) in [5.74, 6) is -0.332. The molecule has 0 aromatic heterocycles. The Balaban J connectivity index is 0.00000361. The Bertz CT molecular complexity index is 463. The third-order valence-corrected chi connectivity index (χ3v) is 2.85. The van der Waals surface area contributed by atoms with Crippen molar-refractivity contribution in [1.29, 1.82) is 0 Å². The van der Waals surface area contributed by atoms with Gasteiger partial charge < -0.3 is 16.0 Å². The molecule has 0 bridgehead atoms. The number of carbonyl (C=O) groups excluding carboxylic acids is 2. The number of hydrogen-bond acceptors (Lipinski definition) is 3. The van der Waals surface area contributed by atoms with E-state index >= 15 is 0 Å². The minimum atomic E-state index is -0.202. The van der Waals surface area contributed by atoms with Crippen LogP contribution in [0.5, 0.6) is 0 Å². The van der Waals surface area contributed by atoms with E-state index in [0.29, 0.717) is 18.7 Å². The van der Waals surface area contributed by atoms with Crippen LogP contribution in [0.15, 0.2) is 24.3 Å². The van der Waals surface area contributed by atoms with Gasteiger partial charge in [0, 0.05) is 38.7 Å². The molecule has 112 valence electrons. The molecule has 0 saturated heterocycles. The molecule has 20 heavy (non-hydrogen) atoms. The smallest absolute Gasteiger partial charge is 0.253 e. The van der Waals surface area contributed by atoms with Gasteiger partial charge in [0.05, 0.1) is 0 Å². The molecule has 1 unspecified atom stereocenters. The Morgan fingerprint density at radius 3 is 2.55 bits per heavy atom. The Kier molecular flexibility index (Phi) is 7.87. The molecule has 1 rings (SSSR count). The van der Waals surface area contributed by atoms with Crippen molar-refractivity contribution < 1.29 is 9.59 Å². The molecule has 0 heterocycles. The second-order valence-corrected chi connectivity index (χ2v) is 4.75. The Morgan fingerprint density at radius 1 is 1.35 bits per heavy atom. The summed E-state index contributed by atoms with van der Waals surface area (Å²) in [6, 6.07) is 7.23. The van der Waals surface area contributed by atoms with Gasteiger partial charge in [-0.25, -0.2) is 0 Å². The van der Waals surface area contributed by atoms with E-state index in [0.717, 1.165) is 5.56 Å². The van der Waals surface area contributed by atoms with Crippen molar-refractivity contribution >= 4 is 24.2 Å². The van der Waals surface area contributed by atoms with Crippen molar-refractivity contribution in [2.24, 2.45) is 11.7 Å². The topological polar surface area (TPSA) is 75.4 Å². The number of nitrogens with zero attached hydrogens (tertiary/aromatic N) is 1. The Hall–Kier alpha value is -1.59. The Labute approximate surface area is 125 Å². The van der Waals surface area contributed by atoms with E-state index in [1.54, 1.807) is 33.2 Å². The van der Waals surface area contributed by atoms with Crippen LogP contribution in [0.4, 0.5) is 0 Å². The van der Waals surface area contributed by atoms with Gasteiger partial charge in [-0.3, -0.25) is 9.59 Å². The van der Waals surface area contributed by atoms with Gasteiger partial charge in [0.25, 0.3) is 5.91 Å². The lowest BCUT2D eigenvalue weighted by atomic mass is 10.1. The average molecular weight is 300 g/mol. The van der Waals surface area contributed by atoms with E-state index in [1.807, 2.05) is 12.1 Å². The number of amides is 2. The number of nitrogens with one attached hydrogen (secondary N) is 1. The lowest BCUT2D eigenvalue weighted by Gasteiger charge is -2.12. The molecule has 0 aliphatic carbocycles. The van der Waals surface area contributed by atoms with Gasteiger partial charge in [-0.15, -0.1) is 12.4 Å². The maximum Gasteiger partial charge on any atom is 0.253 e. The number of hydrogen-bond donors (Lipinski definition) is 2. The number of rotatable bonds is 5. The van der Waals surface area contributed by atoms with E-state index < -0.39 is 0 Å². The van der Waals surface area contributed by atoms with Crippen molar-refractivity contribution in [1.82, 2.24) is 10.2 Å². The molecular formula is C14H22ClN3O2. The quantitative estimate of drug-likeness (QED) is 0.852. The first kappa shape index (κ1) is 18.4. The third kappa shape index (κ3) is 5.19. The fourth-order valence-corrected chi connectivity index (χ4v) is 1.54. The normalized spacial score (nSPS) is 11.2. The zero-order valence-corrected chi connectivity index (χ0v) is 12.9. The lowest BCUT2D eigenvalue weighted by Crippen LogP contribution is -2.32. The van der Waals surface area contributed by atoms with Crippen LogP contribution in [0.25, 0.3) is 0 Å². The van der Waals surface area contributed by atoms with Crippen molar-refractivity contribution in [2.45, 2.75) is 13.5 Å². The van der Waals surface area contributed by atoms with Crippen LogP contribution in [0.1, 0.15) is 22.8 Å². The second kappa shape index (κ2) is 8.55. The summed E-state index contributed by atoms with van der Waals surface area (Å²) in [6.45, 7) is 2.50. The predicted molar refractivity (Wildman–Crippen MR) is 81.8 cm³/mol. The molecule has 6 heteroatoms. The van der Waals surface area contributed by atoms with Crippen molar-refractivity contribution in [3.63, 3.8) is 0 Å². The number of carbonyl (C=O) groups is 2. The summed E-state index contributed by atoms with van der Waals surface area (Å²) in [6.07, 6.45) is 0. The third-order valence-electron chi connectivity index (χ3n) is 2.85. The predicted octanol–water partition coefficient (Wildman–Crippen LogP) is 1.02. The van der Waals surface area contributed by atoms with Gasteiger partial charge in [-0.1, -0.05) is 19.1 Å². The molecule has 1 atom stereocenters. The molecule has 0 saturated carbocycles. The fourth-order valence-electron chi connectivity index (χ4n) is 1.54. The van der Waals surface area contributed by atoms with Crippen molar-refractivity contribution in [3.05, 3.63) is 35.4 Å². The highest BCUT2D eigenvalue weighted by Gasteiger charge is 2.11. The van der Waals surface area contributed by atoms with E-state index in [2.05, 4.69) is 5.32 Å². The summed E-state index contributed by atoms with van der Waals surface area (Å²) in [7, 11) is 3.42. The summed E-state index contributed by atoms with van der Waals surface area (Å²) in [5.41, 5.74) is 6.94. The highest BCUT2D eigenvalue weighted by Crippen LogP contribution is 2.07. The SMILES string of the molecule is CC(CN)C(=O)NCc1cccc(C(=O)N(C)C)c1.Cl. The standard InChI is InChI=1S/C14H21N3O2.ClH/c1-10(8-15)13(18)16-9-11-5-4-6-12(7-11)14(19)17(2)3;/h4-7,10H,8-9,15H2,1-3H3,(H,16,18);1H. The number of halogens is 1. The van der Waals surface area contributed by atoms with Gasteiger partial charge in [0.15, 0.2) is 0 Å². The monoisotopic (exact) mass is 299 g/mol. The summed E-state index contributed by atoms with van der Waals surface area (Å²) in [4.78, 5) is 24.9. The lowest BCUT2D eigenvalue weighted by molar-refractivity contribution is -0.124. The first-order valence-corrected chi connectivity index (χ1v) is 6.24. The van der Waals surface area contributed by atoms with Crippen molar-refractivity contribution in [2.75, 3.05) is 20.6 Å². The number of nitrogens with two attached hydrogens (primary N) is 1. The van der Waals surface area contributed by atoms with E-state index in [9.17, 15) is 9.59 Å². The first-order chi connectivity index (χ1) is 8.95. The molecule has 0 fully saturated rings. The van der Waals surface area contributed by atoms with Crippen LogP contribution in [0, 0.1) is 5.92 Å². The van der Waals surface area contributed by atoms with Crippen molar-refractivity contribution in [3.8, 4) is 0 Å². The van der Waals surface area contributed by atoms with E-state index in [1.165, 1.54) is 4.90 Å². The van der Waals surface area contributed by atoms with Gasteiger partial charge in [-0.05, 0) is 17.7 Å². The van der Waals surface area contributed by atoms with E-state index in [-0.39, 0.29) is 30.1 Å². The van der Waals surface area contributed by atoms with Crippen LogP contribution in [-0.2, 0) is 11.3 Å². The summed E-state index contributed by atoms with van der Waals surface area (Å²) >= 11 is 0. The highest BCUT2D eigenvalue weighted by molar-refractivity contribution is 5.94.